The largest absolute Gasteiger partial charge is 0.393 e. The molecule has 4 aliphatic rings. The maximum Gasteiger partial charge on any atom is 0.160 e. The van der Waals surface area contributed by atoms with Crippen LogP contribution in [-0.2, 0) is 9.59 Å². The number of allylic oxidation sites excluding steroid dienone is 3. The van der Waals surface area contributed by atoms with E-state index in [1.54, 1.807) is 0 Å². The fourth-order valence-electron chi connectivity index (χ4n) is 8.24. The summed E-state index contributed by atoms with van der Waals surface area (Å²) in [7, 11) is 0. The van der Waals surface area contributed by atoms with Gasteiger partial charge in [-0.05, 0) is 79.4 Å². The standard InChI is InChI=1S/C29H44O3/c1-17(2)18(3)8-9-19(4)22-11-13-28(6)26-23(31)15-20-14-21(30)10-12-27(20,5)25(26)24(32)16-29(22,28)7/h17,19-22,30H,3,8-16H2,1-2,4-7H3/t19-,20-,21+,22-,27+,28+,29-/m1/s1. The van der Waals surface area contributed by atoms with Crippen LogP contribution >= 0.6 is 0 Å². The maximum atomic E-state index is 13.8. The molecule has 0 aliphatic heterocycles. The highest BCUT2D eigenvalue weighted by molar-refractivity contribution is 6.11. The van der Waals surface area contributed by atoms with Crippen molar-refractivity contribution in [3.63, 3.8) is 0 Å². The summed E-state index contributed by atoms with van der Waals surface area (Å²) >= 11 is 0. The van der Waals surface area contributed by atoms with Crippen LogP contribution in [0, 0.1) is 39.9 Å². The Labute approximate surface area is 195 Å². The molecule has 0 aromatic heterocycles. The van der Waals surface area contributed by atoms with Crippen LogP contribution in [-0.4, -0.2) is 22.8 Å². The summed E-state index contributed by atoms with van der Waals surface area (Å²) < 4.78 is 0. The molecule has 3 heteroatoms. The molecule has 4 rings (SSSR count). The molecule has 0 heterocycles. The second-order valence-corrected chi connectivity index (χ2v) is 12.7. The van der Waals surface area contributed by atoms with Crippen LogP contribution in [0.25, 0.3) is 0 Å². The average Bonchev–Trinajstić information content (AvgIpc) is 2.97. The summed E-state index contributed by atoms with van der Waals surface area (Å²) in [5.74, 6) is 2.00. The van der Waals surface area contributed by atoms with Crippen molar-refractivity contribution >= 4 is 11.6 Å². The highest BCUT2D eigenvalue weighted by Crippen LogP contribution is 2.70. The Morgan fingerprint density at radius 2 is 1.75 bits per heavy atom. The molecule has 0 aromatic carbocycles. The van der Waals surface area contributed by atoms with Crippen molar-refractivity contribution in [1.29, 1.82) is 0 Å². The minimum Gasteiger partial charge on any atom is -0.393 e. The van der Waals surface area contributed by atoms with Gasteiger partial charge in [0.2, 0.25) is 0 Å². The van der Waals surface area contributed by atoms with Crippen LogP contribution in [0.5, 0.6) is 0 Å². The van der Waals surface area contributed by atoms with Crippen molar-refractivity contribution in [1.82, 2.24) is 0 Å². The molecule has 2 saturated carbocycles. The third-order valence-electron chi connectivity index (χ3n) is 10.8. The van der Waals surface area contributed by atoms with Gasteiger partial charge in [0.1, 0.15) is 0 Å². The summed E-state index contributed by atoms with van der Waals surface area (Å²) in [6.45, 7) is 17.9. The normalized spacial score (nSPS) is 42.6. The maximum absolute atomic E-state index is 13.8. The summed E-state index contributed by atoms with van der Waals surface area (Å²) in [5, 5.41) is 10.3. The average molecular weight is 441 g/mol. The van der Waals surface area contributed by atoms with Crippen LogP contribution in [0.4, 0.5) is 0 Å². The quantitative estimate of drug-likeness (QED) is 0.500. The summed E-state index contributed by atoms with van der Waals surface area (Å²) in [4.78, 5) is 27.5. The van der Waals surface area contributed by atoms with Crippen molar-refractivity contribution in [3.8, 4) is 0 Å². The molecule has 0 aromatic rings. The molecule has 3 nitrogen and oxygen atoms in total. The smallest absolute Gasteiger partial charge is 0.160 e. The van der Waals surface area contributed by atoms with Gasteiger partial charge in [0, 0.05) is 29.4 Å². The van der Waals surface area contributed by atoms with Crippen LogP contribution in [0.1, 0.15) is 99.3 Å². The zero-order valence-electron chi connectivity index (χ0n) is 21.2. The third kappa shape index (κ3) is 3.32. The first kappa shape index (κ1) is 23.9. The van der Waals surface area contributed by atoms with Gasteiger partial charge < -0.3 is 5.11 Å². The monoisotopic (exact) mass is 440 g/mol. The van der Waals surface area contributed by atoms with Gasteiger partial charge in [0.25, 0.3) is 0 Å². The van der Waals surface area contributed by atoms with Crippen molar-refractivity contribution in [2.45, 2.75) is 105 Å². The van der Waals surface area contributed by atoms with Crippen molar-refractivity contribution in [2.24, 2.45) is 39.9 Å². The Morgan fingerprint density at radius 3 is 2.41 bits per heavy atom. The second-order valence-electron chi connectivity index (χ2n) is 12.7. The molecule has 0 saturated heterocycles. The van der Waals surface area contributed by atoms with Crippen LogP contribution in [0.15, 0.2) is 23.3 Å². The highest BCUT2D eigenvalue weighted by atomic mass is 16.3. The van der Waals surface area contributed by atoms with E-state index < -0.39 is 0 Å². The molecular formula is C29H44O3. The fraction of sp³-hybridized carbons (Fsp3) is 0.793. The molecule has 0 spiro atoms. The SMILES string of the molecule is C=C(CC[C@@H](C)[C@H]1CC[C@@]2(C)C3=C(C(=O)C[C@]12C)[C@@]1(C)CC[C@H](O)C[C@@H]1CC3=O)C(C)C. The number of carbonyl (C=O) groups is 2. The fourth-order valence-corrected chi connectivity index (χ4v) is 8.24. The lowest BCUT2D eigenvalue weighted by molar-refractivity contribution is -0.133. The minimum atomic E-state index is -0.333. The Kier molecular flexibility index (Phi) is 5.93. The number of aliphatic hydroxyl groups is 1. The molecule has 0 unspecified atom stereocenters. The Hall–Kier alpha value is -1.22. The van der Waals surface area contributed by atoms with Gasteiger partial charge >= 0.3 is 0 Å². The topological polar surface area (TPSA) is 54.4 Å². The summed E-state index contributed by atoms with van der Waals surface area (Å²) in [6.07, 6.45) is 7.20. The predicted molar refractivity (Wildman–Crippen MR) is 129 cm³/mol. The molecule has 32 heavy (non-hydrogen) atoms. The van der Waals surface area contributed by atoms with Gasteiger partial charge in [-0.15, -0.1) is 0 Å². The summed E-state index contributed by atoms with van der Waals surface area (Å²) in [6, 6.07) is 0. The lowest BCUT2D eigenvalue weighted by atomic mass is 9.45. The highest BCUT2D eigenvalue weighted by Gasteiger charge is 2.65. The van der Waals surface area contributed by atoms with E-state index >= 15 is 0 Å². The van der Waals surface area contributed by atoms with E-state index in [-0.39, 0.29) is 39.8 Å². The van der Waals surface area contributed by atoms with E-state index in [1.807, 2.05) is 0 Å². The molecular weight excluding hydrogens is 396 g/mol. The number of hydrogen-bond donors (Lipinski definition) is 1. The summed E-state index contributed by atoms with van der Waals surface area (Å²) in [5.41, 5.74) is 2.45. The van der Waals surface area contributed by atoms with E-state index in [1.165, 1.54) is 5.57 Å². The Balaban J connectivity index is 1.70. The first-order valence-corrected chi connectivity index (χ1v) is 13.0. The predicted octanol–water partition coefficient (Wildman–Crippen LogP) is 6.45. The Morgan fingerprint density at radius 1 is 1.06 bits per heavy atom. The number of aliphatic hydroxyl groups excluding tert-OH is 1. The minimum absolute atomic E-state index is 0.104. The molecule has 2 fully saturated rings. The number of ketones is 2. The van der Waals surface area contributed by atoms with Gasteiger partial charge in [0.05, 0.1) is 6.10 Å². The van der Waals surface area contributed by atoms with Crippen molar-refractivity contribution < 1.29 is 14.7 Å². The van der Waals surface area contributed by atoms with Crippen LogP contribution < -0.4 is 0 Å². The molecule has 7 atom stereocenters. The zero-order valence-corrected chi connectivity index (χ0v) is 21.2. The lowest BCUT2D eigenvalue weighted by Gasteiger charge is -2.57. The van der Waals surface area contributed by atoms with Gasteiger partial charge in [-0.1, -0.05) is 53.7 Å². The van der Waals surface area contributed by atoms with Gasteiger partial charge in [-0.2, -0.15) is 0 Å². The first-order chi connectivity index (χ1) is 14.8. The lowest BCUT2D eigenvalue weighted by Crippen LogP contribution is -2.54. The van der Waals surface area contributed by atoms with E-state index in [0.717, 1.165) is 49.7 Å². The first-order valence-electron chi connectivity index (χ1n) is 13.0. The molecule has 4 aliphatic carbocycles. The van der Waals surface area contributed by atoms with Crippen molar-refractivity contribution in [3.05, 3.63) is 23.3 Å². The molecule has 178 valence electrons. The van der Waals surface area contributed by atoms with Crippen LogP contribution in [0.3, 0.4) is 0 Å². The molecule has 1 N–H and O–H groups in total. The number of carbonyl (C=O) groups excluding carboxylic acids is 2. The van der Waals surface area contributed by atoms with E-state index in [9.17, 15) is 14.7 Å². The Bertz CT molecular complexity index is 866. The number of Topliss-reactive ketones (excluding diaryl/α,β-unsaturated/α-hetero) is 2. The van der Waals surface area contributed by atoms with E-state index in [2.05, 4.69) is 48.1 Å². The number of rotatable bonds is 5. The number of hydrogen-bond acceptors (Lipinski definition) is 3. The molecule has 0 radical (unpaired) electrons. The third-order valence-corrected chi connectivity index (χ3v) is 10.8. The van der Waals surface area contributed by atoms with Crippen LogP contribution in [0.2, 0.25) is 0 Å². The van der Waals surface area contributed by atoms with Gasteiger partial charge in [0.15, 0.2) is 11.6 Å². The second kappa shape index (κ2) is 7.93. The molecule has 0 bridgehead atoms. The van der Waals surface area contributed by atoms with Gasteiger partial charge in [-0.25, -0.2) is 0 Å². The zero-order chi connectivity index (χ0) is 23.6. The number of fused-ring (bicyclic) bond motifs is 4. The molecule has 0 amide bonds. The van der Waals surface area contributed by atoms with E-state index in [0.29, 0.717) is 37.0 Å². The van der Waals surface area contributed by atoms with Crippen molar-refractivity contribution in [2.75, 3.05) is 0 Å². The van der Waals surface area contributed by atoms with E-state index in [4.69, 9.17) is 0 Å². The van der Waals surface area contributed by atoms with Gasteiger partial charge in [-0.3, -0.25) is 9.59 Å².